The summed E-state index contributed by atoms with van der Waals surface area (Å²) in [6.45, 7) is -0.0339. The van der Waals surface area contributed by atoms with Crippen molar-refractivity contribution in [1.82, 2.24) is 0 Å². The number of rotatable bonds is 7. The predicted molar refractivity (Wildman–Crippen MR) is 99.9 cm³/mol. The fourth-order valence-electron chi connectivity index (χ4n) is 2.74. The third-order valence-corrected chi connectivity index (χ3v) is 6.60. The number of ketones is 1. The number of sulfone groups is 1. The Balaban J connectivity index is 2.08. The highest BCUT2D eigenvalue weighted by Gasteiger charge is 2.46. The van der Waals surface area contributed by atoms with E-state index in [0.717, 1.165) is 17.4 Å². The van der Waals surface area contributed by atoms with Crippen molar-refractivity contribution < 1.29 is 27.5 Å². The number of nitrogens with zero attached hydrogens (tertiary/aromatic N) is 1. The topological polar surface area (TPSA) is 93.0 Å². The van der Waals surface area contributed by atoms with Crippen LogP contribution >= 0.6 is 0 Å². The minimum absolute atomic E-state index is 0.0922. The first-order chi connectivity index (χ1) is 12.7. The van der Waals surface area contributed by atoms with Gasteiger partial charge in [-0.1, -0.05) is 29.1 Å². The van der Waals surface area contributed by atoms with E-state index in [1.54, 1.807) is 24.3 Å². The number of aliphatic hydroxyl groups excluding tert-OH is 1. The molecule has 0 saturated carbocycles. The molecule has 0 fully saturated rings. The van der Waals surface area contributed by atoms with Crippen LogP contribution < -0.4 is 0 Å². The first kappa shape index (κ1) is 21.1. The molecular weight excluding hydrogens is 373 g/mol. The minimum atomic E-state index is -3.74. The molecule has 0 radical (unpaired) electrons. The molecule has 0 aromatic heterocycles. The highest BCUT2D eigenvalue weighted by molar-refractivity contribution is 7.92. The van der Waals surface area contributed by atoms with Crippen LogP contribution in [0.2, 0.25) is 0 Å². The second kappa shape index (κ2) is 8.63. The van der Waals surface area contributed by atoms with Crippen molar-refractivity contribution in [1.29, 1.82) is 0 Å². The molecule has 0 saturated heterocycles. The number of benzene rings is 1. The van der Waals surface area contributed by atoms with Gasteiger partial charge in [0.15, 0.2) is 15.6 Å². The predicted octanol–water partition coefficient (Wildman–Crippen LogP) is 1.65. The highest BCUT2D eigenvalue weighted by atomic mass is 32.2. The van der Waals surface area contributed by atoms with Crippen LogP contribution in [-0.2, 0) is 19.5 Å². The van der Waals surface area contributed by atoms with Crippen molar-refractivity contribution in [3.8, 4) is 11.8 Å². The summed E-state index contributed by atoms with van der Waals surface area (Å²) in [6.07, 6.45) is 0.830. The SMILES string of the molecule is C[C@@](C[C@H]1CC(c2ccc(C#CCCF)cc2)=NO1)(C(=O)CO)S(C)(=O)=O. The largest absolute Gasteiger partial charge is 0.392 e. The van der Waals surface area contributed by atoms with Crippen LogP contribution in [-0.4, -0.2) is 55.4 Å². The summed E-state index contributed by atoms with van der Waals surface area (Å²) in [5.41, 5.74) is 2.18. The standard InChI is InChI=1S/C19H22FNO5S/c1-19(18(23)13-22,27(2,24)25)12-16-11-17(21-26-16)15-8-6-14(7-9-15)5-3-4-10-20/h6-9,16,22H,4,10-13H2,1-2H3/t16-,19-/m1/s1. The monoisotopic (exact) mass is 395 g/mol. The van der Waals surface area contributed by atoms with Gasteiger partial charge in [0.1, 0.15) is 24.1 Å². The minimum Gasteiger partial charge on any atom is -0.392 e. The lowest BCUT2D eigenvalue weighted by molar-refractivity contribution is -0.124. The average molecular weight is 395 g/mol. The van der Waals surface area contributed by atoms with Gasteiger partial charge in [0, 0.05) is 31.1 Å². The molecule has 146 valence electrons. The fraction of sp³-hybridized carbons (Fsp3) is 0.474. The van der Waals surface area contributed by atoms with E-state index in [1.165, 1.54) is 6.92 Å². The molecule has 6 nitrogen and oxygen atoms in total. The molecule has 0 spiro atoms. The van der Waals surface area contributed by atoms with Crippen molar-refractivity contribution in [2.75, 3.05) is 19.5 Å². The maximum atomic E-state index is 12.1. The molecule has 1 N–H and O–H groups in total. The van der Waals surface area contributed by atoms with E-state index in [4.69, 9.17) is 9.94 Å². The molecule has 1 aliphatic heterocycles. The molecule has 1 aromatic rings. The lowest BCUT2D eigenvalue weighted by Crippen LogP contribution is -2.47. The van der Waals surface area contributed by atoms with Gasteiger partial charge in [-0.25, -0.2) is 8.42 Å². The highest BCUT2D eigenvalue weighted by Crippen LogP contribution is 2.30. The van der Waals surface area contributed by atoms with Crippen LogP contribution in [0.25, 0.3) is 0 Å². The smallest absolute Gasteiger partial charge is 0.179 e. The summed E-state index contributed by atoms with van der Waals surface area (Å²) in [5, 5.41) is 13.1. The van der Waals surface area contributed by atoms with Crippen LogP contribution in [0.15, 0.2) is 29.4 Å². The summed E-state index contributed by atoms with van der Waals surface area (Å²) in [6, 6.07) is 7.18. The first-order valence-corrected chi connectivity index (χ1v) is 10.3. The molecule has 8 heteroatoms. The molecule has 1 aromatic carbocycles. The zero-order valence-electron chi connectivity index (χ0n) is 15.2. The number of Topliss-reactive ketones (excluding diaryl/α,β-unsaturated/α-hetero) is 1. The Kier molecular flexibility index (Phi) is 6.73. The molecule has 2 atom stereocenters. The van der Waals surface area contributed by atoms with Gasteiger partial charge in [-0.15, -0.1) is 0 Å². The Bertz CT molecular complexity index is 883. The van der Waals surface area contributed by atoms with Gasteiger partial charge in [-0.3, -0.25) is 9.18 Å². The van der Waals surface area contributed by atoms with Gasteiger partial charge in [0.05, 0.1) is 5.71 Å². The Morgan fingerprint density at radius 1 is 1.41 bits per heavy atom. The van der Waals surface area contributed by atoms with Crippen LogP contribution in [0.5, 0.6) is 0 Å². The van der Waals surface area contributed by atoms with Crippen molar-refractivity contribution >= 4 is 21.3 Å². The quantitative estimate of drug-likeness (QED) is 0.709. The number of hydrogen-bond acceptors (Lipinski definition) is 6. The van der Waals surface area contributed by atoms with E-state index in [2.05, 4.69) is 17.0 Å². The van der Waals surface area contributed by atoms with Crippen LogP contribution in [0.3, 0.4) is 0 Å². The Morgan fingerprint density at radius 3 is 2.63 bits per heavy atom. The molecule has 0 aliphatic carbocycles. The van der Waals surface area contributed by atoms with E-state index in [0.29, 0.717) is 12.1 Å². The van der Waals surface area contributed by atoms with Gasteiger partial charge < -0.3 is 9.94 Å². The van der Waals surface area contributed by atoms with Crippen molar-refractivity contribution in [2.24, 2.45) is 5.16 Å². The second-order valence-electron chi connectivity index (χ2n) is 6.58. The van der Waals surface area contributed by atoms with Gasteiger partial charge in [0.2, 0.25) is 0 Å². The maximum absolute atomic E-state index is 12.1. The number of alkyl halides is 1. The van der Waals surface area contributed by atoms with E-state index < -0.39 is 39.8 Å². The lowest BCUT2D eigenvalue weighted by atomic mass is 9.94. The zero-order chi connectivity index (χ0) is 20.1. The number of hydrogen-bond donors (Lipinski definition) is 1. The van der Waals surface area contributed by atoms with Crippen LogP contribution in [0.4, 0.5) is 4.39 Å². The molecule has 0 amide bonds. The number of aliphatic hydroxyl groups is 1. The molecule has 27 heavy (non-hydrogen) atoms. The molecule has 1 heterocycles. The van der Waals surface area contributed by atoms with E-state index >= 15 is 0 Å². The number of oxime groups is 1. The molecule has 0 unspecified atom stereocenters. The summed E-state index contributed by atoms with van der Waals surface area (Å²) in [5.74, 6) is 4.80. The molecule has 2 rings (SSSR count). The van der Waals surface area contributed by atoms with E-state index in [9.17, 15) is 17.6 Å². The Hall–Kier alpha value is -2.24. The fourth-order valence-corrected chi connectivity index (χ4v) is 3.71. The van der Waals surface area contributed by atoms with Crippen molar-refractivity contribution in [3.63, 3.8) is 0 Å². The van der Waals surface area contributed by atoms with Gasteiger partial charge in [-0.05, 0) is 24.6 Å². The van der Waals surface area contributed by atoms with E-state index in [1.807, 2.05) is 0 Å². The van der Waals surface area contributed by atoms with Crippen molar-refractivity contribution in [2.45, 2.75) is 37.0 Å². The summed E-state index contributed by atoms with van der Waals surface area (Å²) >= 11 is 0. The van der Waals surface area contributed by atoms with Gasteiger partial charge in [0.25, 0.3) is 0 Å². The number of halogens is 1. The van der Waals surface area contributed by atoms with Gasteiger partial charge >= 0.3 is 0 Å². The summed E-state index contributed by atoms with van der Waals surface area (Å²) < 4.78 is 34.5. The Morgan fingerprint density at radius 2 is 2.07 bits per heavy atom. The number of carbonyl (C=O) groups excluding carboxylic acids is 1. The Labute approximate surface area is 158 Å². The third-order valence-electron chi connectivity index (χ3n) is 4.57. The number of carbonyl (C=O) groups is 1. The molecule has 1 aliphatic rings. The zero-order valence-corrected chi connectivity index (χ0v) is 16.1. The second-order valence-corrected chi connectivity index (χ2v) is 9.02. The summed E-state index contributed by atoms with van der Waals surface area (Å²) in [7, 11) is -3.74. The maximum Gasteiger partial charge on any atom is 0.179 e. The van der Waals surface area contributed by atoms with Crippen LogP contribution in [0, 0.1) is 11.8 Å². The van der Waals surface area contributed by atoms with Crippen molar-refractivity contribution in [3.05, 3.63) is 35.4 Å². The lowest BCUT2D eigenvalue weighted by Gasteiger charge is -2.27. The molecular formula is C19H22FNO5S. The first-order valence-electron chi connectivity index (χ1n) is 8.43. The average Bonchev–Trinajstić information content (AvgIpc) is 3.09. The molecule has 0 bridgehead atoms. The normalized spacial score (nSPS) is 18.7. The van der Waals surface area contributed by atoms with Gasteiger partial charge in [-0.2, -0.15) is 0 Å². The van der Waals surface area contributed by atoms with E-state index in [-0.39, 0.29) is 12.8 Å². The van der Waals surface area contributed by atoms with Crippen LogP contribution in [0.1, 0.15) is 37.3 Å². The third kappa shape index (κ3) is 4.93. The summed E-state index contributed by atoms with van der Waals surface area (Å²) in [4.78, 5) is 17.3.